The van der Waals surface area contributed by atoms with E-state index in [9.17, 15) is 13.6 Å². The molecule has 0 radical (unpaired) electrons. The summed E-state index contributed by atoms with van der Waals surface area (Å²) < 4.78 is 26.4. The minimum absolute atomic E-state index is 0.305. The van der Waals surface area contributed by atoms with Crippen LogP contribution in [0.25, 0.3) is 0 Å². The summed E-state index contributed by atoms with van der Waals surface area (Å²) in [4.78, 5) is 15.7. The van der Waals surface area contributed by atoms with Crippen LogP contribution in [0, 0.1) is 11.6 Å². The molecule has 3 nitrogen and oxygen atoms in total. The fourth-order valence-corrected chi connectivity index (χ4v) is 1.68. The first-order valence-corrected chi connectivity index (χ1v) is 5.74. The molecule has 0 bridgehead atoms. The molecule has 1 heterocycles. The monoisotopic (exact) mass is 262 g/mol. The van der Waals surface area contributed by atoms with Crippen LogP contribution in [0.3, 0.4) is 0 Å². The van der Waals surface area contributed by atoms with Gasteiger partial charge in [0, 0.05) is 12.4 Å². The SMILES string of the molecule is C[C@@H](NC(=O)c1cc(F)ccc1F)c1ccncc1. The van der Waals surface area contributed by atoms with Crippen LogP contribution in [0.2, 0.25) is 0 Å². The van der Waals surface area contributed by atoms with E-state index in [2.05, 4.69) is 10.3 Å². The van der Waals surface area contributed by atoms with Gasteiger partial charge in [0.05, 0.1) is 11.6 Å². The second-order valence-corrected chi connectivity index (χ2v) is 4.10. The van der Waals surface area contributed by atoms with Crippen molar-refractivity contribution in [1.29, 1.82) is 0 Å². The lowest BCUT2D eigenvalue weighted by atomic mass is 10.1. The van der Waals surface area contributed by atoms with Crippen LogP contribution < -0.4 is 5.32 Å². The van der Waals surface area contributed by atoms with Crippen LogP contribution in [0.5, 0.6) is 0 Å². The Kier molecular flexibility index (Phi) is 3.85. The Morgan fingerprint density at radius 1 is 1.21 bits per heavy atom. The number of aromatic nitrogens is 1. The van der Waals surface area contributed by atoms with Crippen molar-refractivity contribution in [3.05, 3.63) is 65.5 Å². The fourth-order valence-electron chi connectivity index (χ4n) is 1.68. The van der Waals surface area contributed by atoms with E-state index in [1.165, 1.54) is 0 Å². The average molecular weight is 262 g/mol. The summed E-state index contributed by atoms with van der Waals surface area (Å²) in [5, 5.41) is 2.61. The molecule has 98 valence electrons. The molecule has 2 aromatic rings. The highest BCUT2D eigenvalue weighted by molar-refractivity contribution is 5.94. The molecule has 1 aromatic heterocycles. The largest absolute Gasteiger partial charge is 0.345 e. The zero-order chi connectivity index (χ0) is 13.8. The molecule has 0 unspecified atom stereocenters. The van der Waals surface area contributed by atoms with E-state index >= 15 is 0 Å². The van der Waals surface area contributed by atoms with Crippen molar-refractivity contribution in [3.8, 4) is 0 Å². The third kappa shape index (κ3) is 3.13. The quantitative estimate of drug-likeness (QED) is 0.924. The fraction of sp³-hybridized carbons (Fsp3) is 0.143. The average Bonchev–Trinajstić information content (AvgIpc) is 2.42. The number of rotatable bonds is 3. The lowest BCUT2D eigenvalue weighted by Gasteiger charge is -2.14. The van der Waals surface area contributed by atoms with Crippen LogP contribution in [0.1, 0.15) is 28.9 Å². The number of nitrogens with zero attached hydrogens (tertiary/aromatic N) is 1. The van der Waals surface area contributed by atoms with Crippen molar-refractivity contribution in [2.45, 2.75) is 13.0 Å². The van der Waals surface area contributed by atoms with E-state index in [4.69, 9.17) is 0 Å². The molecule has 5 heteroatoms. The Hall–Kier alpha value is -2.30. The minimum Gasteiger partial charge on any atom is -0.345 e. The lowest BCUT2D eigenvalue weighted by molar-refractivity contribution is 0.0935. The van der Waals surface area contributed by atoms with Crippen molar-refractivity contribution in [2.24, 2.45) is 0 Å². The van der Waals surface area contributed by atoms with Crippen molar-refractivity contribution >= 4 is 5.91 Å². The number of halogens is 2. The number of amides is 1. The second kappa shape index (κ2) is 5.56. The van der Waals surface area contributed by atoms with Gasteiger partial charge in [-0.15, -0.1) is 0 Å². The second-order valence-electron chi connectivity index (χ2n) is 4.10. The van der Waals surface area contributed by atoms with Crippen LogP contribution in [-0.4, -0.2) is 10.9 Å². The van der Waals surface area contributed by atoms with Crippen molar-refractivity contribution < 1.29 is 13.6 Å². The highest BCUT2D eigenvalue weighted by Gasteiger charge is 2.15. The number of pyridine rings is 1. The van der Waals surface area contributed by atoms with Gasteiger partial charge >= 0.3 is 0 Å². The number of carbonyl (C=O) groups excluding carboxylic acids is 1. The van der Waals surface area contributed by atoms with E-state index < -0.39 is 17.5 Å². The Morgan fingerprint density at radius 2 is 1.89 bits per heavy atom. The highest BCUT2D eigenvalue weighted by Crippen LogP contribution is 2.14. The van der Waals surface area contributed by atoms with Gasteiger partial charge < -0.3 is 5.32 Å². The summed E-state index contributed by atoms with van der Waals surface area (Å²) in [5.74, 6) is -2.05. The molecule has 0 saturated carbocycles. The molecule has 0 aliphatic rings. The number of nitrogens with one attached hydrogen (secondary N) is 1. The van der Waals surface area contributed by atoms with Crippen LogP contribution >= 0.6 is 0 Å². The lowest BCUT2D eigenvalue weighted by Crippen LogP contribution is -2.27. The van der Waals surface area contributed by atoms with E-state index in [-0.39, 0.29) is 11.6 Å². The topological polar surface area (TPSA) is 42.0 Å². The Morgan fingerprint density at radius 3 is 2.58 bits per heavy atom. The van der Waals surface area contributed by atoms with Crippen molar-refractivity contribution in [3.63, 3.8) is 0 Å². The molecule has 0 spiro atoms. The van der Waals surface area contributed by atoms with Crippen molar-refractivity contribution in [2.75, 3.05) is 0 Å². The molecule has 1 N–H and O–H groups in total. The Labute approximate surface area is 109 Å². The maximum Gasteiger partial charge on any atom is 0.254 e. The molecule has 2 rings (SSSR count). The first-order chi connectivity index (χ1) is 9.08. The Bertz CT molecular complexity index is 587. The molecule has 0 fully saturated rings. The number of carbonyl (C=O) groups is 1. The zero-order valence-electron chi connectivity index (χ0n) is 10.2. The van der Waals surface area contributed by atoms with Gasteiger partial charge in [-0.3, -0.25) is 9.78 Å². The third-order valence-electron chi connectivity index (χ3n) is 2.73. The third-order valence-corrected chi connectivity index (χ3v) is 2.73. The summed E-state index contributed by atoms with van der Waals surface area (Å²) in [6.07, 6.45) is 3.20. The van der Waals surface area contributed by atoms with Gasteiger partial charge in [-0.1, -0.05) is 0 Å². The summed E-state index contributed by atoms with van der Waals surface area (Å²) >= 11 is 0. The molecule has 1 amide bonds. The highest BCUT2D eigenvalue weighted by atomic mass is 19.1. The summed E-state index contributed by atoms with van der Waals surface area (Å²) in [6, 6.07) is 5.95. The molecular weight excluding hydrogens is 250 g/mol. The summed E-state index contributed by atoms with van der Waals surface area (Å²) in [5.41, 5.74) is 0.529. The summed E-state index contributed by atoms with van der Waals surface area (Å²) in [7, 11) is 0. The van der Waals surface area contributed by atoms with Gasteiger partial charge in [-0.2, -0.15) is 0 Å². The molecular formula is C14H12F2N2O. The summed E-state index contributed by atoms with van der Waals surface area (Å²) in [6.45, 7) is 1.75. The van der Waals surface area contributed by atoms with E-state index in [0.29, 0.717) is 0 Å². The molecule has 19 heavy (non-hydrogen) atoms. The molecule has 0 aliphatic carbocycles. The van der Waals surface area contributed by atoms with Gasteiger partial charge in [0.25, 0.3) is 5.91 Å². The standard InChI is InChI=1S/C14H12F2N2O/c1-9(10-4-6-17-7-5-10)18-14(19)12-8-11(15)2-3-13(12)16/h2-9H,1H3,(H,18,19)/t9-/m1/s1. The van der Waals surface area contributed by atoms with E-state index in [1.807, 2.05) is 0 Å². The molecule has 0 saturated heterocycles. The molecule has 0 aliphatic heterocycles. The van der Waals surface area contributed by atoms with Gasteiger partial charge in [-0.25, -0.2) is 8.78 Å². The first-order valence-electron chi connectivity index (χ1n) is 5.74. The van der Waals surface area contributed by atoms with Crippen LogP contribution in [-0.2, 0) is 0 Å². The van der Waals surface area contributed by atoms with E-state index in [0.717, 1.165) is 23.8 Å². The van der Waals surface area contributed by atoms with E-state index in [1.54, 1.807) is 31.5 Å². The maximum absolute atomic E-state index is 13.4. The van der Waals surface area contributed by atoms with Gasteiger partial charge in [-0.05, 0) is 42.8 Å². The van der Waals surface area contributed by atoms with Crippen LogP contribution in [0.15, 0.2) is 42.7 Å². The number of hydrogen-bond acceptors (Lipinski definition) is 2. The first kappa shape index (κ1) is 13.1. The number of benzene rings is 1. The molecule has 1 aromatic carbocycles. The van der Waals surface area contributed by atoms with Gasteiger partial charge in [0.15, 0.2) is 0 Å². The zero-order valence-corrected chi connectivity index (χ0v) is 10.2. The van der Waals surface area contributed by atoms with Crippen LogP contribution in [0.4, 0.5) is 8.78 Å². The predicted octanol–water partition coefficient (Wildman–Crippen LogP) is 2.85. The van der Waals surface area contributed by atoms with Crippen molar-refractivity contribution in [1.82, 2.24) is 10.3 Å². The maximum atomic E-state index is 13.4. The normalized spacial score (nSPS) is 11.9. The molecule has 1 atom stereocenters. The Balaban J connectivity index is 2.15. The number of hydrogen-bond donors (Lipinski definition) is 1. The smallest absolute Gasteiger partial charge is 0.254 e. The predicted molar refractivity (Wildman–Crippen MR) is 66.5 cm³/mol. The van der Waals surface area contributed by atoms with Gasteiger partial charge in [0.1, 0.15) is 11.6 Å². The minimum atomic E-state index is -0.749. The van der Waals surface area contributed by atoms with Gasteiger partial charge in [0.2, 0.25) is 0 Å².